The Morgan fingerprint density at radius 3 is 2.57 bits per heavy atom. The minimum absolute atomic E-state index is 0. The van der Waals surface area contributed by atoms with Crippen LogP contribution in [0.5, 0.6) is 0 Å². The molecular weight excluding hydrogens is 417 g/mol. The first-order valence-corrected chi connectivity index (χ1v) is 10.0. The zero-order valence-electron chi connectivity index (χ0n) is 16.2. The van der Waals surface area contributed by atoms with Gasteiger partial charge in [-0.3, -0.25) is 4.79 Å². The lowest BCUT2D eigenvalue weighted by molar-refractivity contribution is 0.0966. The van der Waals surface area contributed by atoms with Crippen LogP contribution in [0.4, 0.5) is 0 Å². The third-order valence-corrected chi connectivity index (χ3v) is 5.74. The zero-order chi connectivity index (χ0) is 19.8. The van der Waals surface area contributed by atoms with Crippen molar-refractivity contribution in [2.45, 2.75) is 19.6 Å². The number of H-pyrrole nitrogens is 1. The number of carbonyl (C=O) groups is 1. The average Bonchev–Trinajstić information content (AvgIpc) is 3.33. The Bertz CT molecular complexity index is 1220. The number of aromatic nitrogens is 1. The molecule has 30 heavy (non-hydrogen) atoms. The molecule has 4 aromatic rings. The second-order valence-corrected chi connectivity index (χ2v) is 7.73. The van der Waals surface area contributed by atoms with E-state index < -0.39 is 0 Å². The molecule has 0 aliphatic carbocycles. The molecule has 4 nitrogen and oxygen atoms in total. The highest BCUT2D eigenvalue weighted by atomic mass is 35.5. The largest absolute Gasteiger partial charge is 0.355 e. The predicted octanol–water partition coefficient (Wildman–Crippen LogP) is 5.44. The van der Waals surface area contributed by atoms with Crippen molar-refractivity contribution < 1.29 is 4.79 Å². The molecule has 6 heteroatoms. The van der Waals surface area contributed by atoms with Crippen molar-refractivity contribution in [1.29, 1.82) is 0 Å². The lowest BCUT2D eigenvalue weighted by atomic mass is 10.0. The first-order valence-electron chi connectivity index (χ1n) is 9.65. The van der Waals surface area contributed by atoms with E-state index >= 15 is 0 Å². The molecule has 1 aliphatic rings. The average molecular weight is 438 g/mol. The molecular formula is C24H21Cl2N3O. The molecule has 0 radical (unpaired) electrons. The summed E-state index contributed by atoms with van der Waals surface area (Å²) in [5.74, 6) is -0.0676. The van der Waals surface area contributed by atoms with E-state index in [-0.39, 0.29) is 18.3 Å². The van der Waals surface area contributed by atoms with Crippen LogP contribution in [0.15, 0.2) is 66.7 Å². The van der Waals surface area contributed by atoms with Crippen LogP contribution < -0.4 is 10.6 Å². The van der Waals surface area contributed by atoms with Gasteiger partial charge in [-0.05, 0) is 35.4 Å². The molecule has 5 rings (SSSR count). The molecule has 3 N–H and O–H groups in total. The van der Waals surface area contributed by atoms with E-state index in [1.54, 1.807) is 0 Å². The van der Waals surface area contributed by atoms with Crippen molar-refractivity contribution in [3.05, 3.63) is 94.0 Å². The molecule has 0 saturated carbocycles. The maximum atomic E-state index is 12.3. The van der Waals surface area contributed by atoms with Gasteiger partial charge in [-0.1, -0.05) is 54.1 Å². The van der Waals surface area contributed by atoms with Gasteiger partial charge >= 0.3 is 0 Å². The summed E-state index contributed by atoms with van der Waals surface area (Å²) in [4.78, 5) is 15.8. The second-order valence-electron chi connectivity index (χ2n) is 7.32. The molecule has 152 valence electrons. The van der Waals surface area contributed by atoms with Crippen LogP contribution >= 0.6 is 24.0 Å². The first-order chi connectivity index (χ1) is 14.2. The Morgan fingerprint density at radius 2 is 1.73 bits per heavy atom. The maximum Gasteiger partial charge on any atom is 0.252 e. The van der Waals surface area contributed by atoms with Gasteiger partial charge < -0.3 is 15.6 Å². The summed E-state index contributed by atoms with van der Waals surface area (Å²) < 4.78 is 0. The fourth-order valence-corrected chi connectivity index (χ4v) is 4.14. The standard InChI is InChI=1S/C24H20ClN3O.ClH/c25-20-8-7-18(23-19(20)14-27-24(23)29)22-11-17-10-16(6-9-21(17)28-22)13-26-12-15-4-2-1-3-5-15;/h1-11,26,28H,12-14H2,(H,27,29);1H. The number of hydrogen-bond acceptors (Lipinski definition) is 2. The minimum Gasteiger partial charge on any atom is -0.355 e. The van der Waals surface area contributed by atoms with Gasteiger partial charge in [-0.15, -0.1) is 12.4 Å². The van der Waals surface area contributed by atoms with Gasteiger partial charge in [0.15, 0.2) is 0 Å². The van der Waals surface area contributed by atoms with Crippen LogP contribution in [-0.2, 0) is 19.6 Å². The van der Waals surface area contributed by atoms with E-state index in [9.17, 15) is 4.79 Å². The van der Waals surface area contributed by atoms with Gasteiger partial charge in [0.25, 0.3) is 5.91 Å². The van der Waals surface area contributed by atoms with Gasteiger partial charge in [-0.2, -0.15) is 0 Å². The normalized spacial score (nSPS) is 12.5. The molecule has 0 saturated heterocycles. The molecule has 1 aliphatic heterocycles. The summed E-state index contributed by atoms with van der Waals surface area (Å²) in [5.41, 5.74) is 6.91. The maximum absolute atomic E-state index is 12.3. The van der Waals surface area contributed by atoms with E-state index in [1.165, 1.54) is 11.1 Å². The summed E-state index contributed by atoms with van der Waals surface area (Å²) in [6, 6.07) is 22.7. The van der Waals surface area contributed by atoms with Crippen molar-refractivity contribution in [3.8, 4) is 11.3 Å². The van der Waals surface area contributed by atoms with Crippen LogP contribution in [0, 0.1) is 0 Å². The Kier molecular flexibility index (Phi) is 5.82. The lowest BCUT2D eigenvalue weighted by Crippen LogP contribution is -2.13. The Morgan fingerprint density at radius 1 is 0.933 bits per heavy atom. The molecule has 2 heterocycles. The number of rotatable bonds is 5. The highest BCUT2D eigenvalue weighted by Gasteiger charge is 2.26. The monoisotopic (exact) mass is 437 g/mol. The number of halogens is 2. The summed E-state index contributed by atoms with van der Waals surface area (Å²) in [6.07, 6.45) is 0. The summed E-state index contributed by atoms with van der Waals surface area (Å²) in [6.45, 7) is 2.12. The second kappa shape index (κ2) is 8.52. The van der Waals surface area contributed by atoms with E-state index in [1.807, 2.05) is 18.2 Å². The van der Waals surface area contributed by atoms with Crippen LogP contribution in [0.1, 0.15) is 27.0 Å². The van der Waals surface area contributed by atoms with Gasteiger partial charge in [0.2, 0.25) is 0 Å². The van der Waals surface area contributed by atoms with Crippen LogP contribution in [0.2, 0.25) is 5.02 Å². The third-order valence-electron chi connectivity index (χ3n) is 5.38. The number of benzene rings is 3. The number of nitrogens with one attached hydrogen (secondary N) is 3. The molecule has 3 aromatic carbocycles. The van der Waals surface area contributed by atoms with Crippen molar-refractivity contribution in [2.75, 3.05) is 0 Å². The lowest BCUT2D eigenvalue weighted by Gasteiger charge is -2.06. The molecule has 0 spiro atoms. The number of aromatic amines is 1. The number of amides is 1. The molecule has 0 bridgehead atoms. The van der Waals surface area contributed by atoms with Crippen LogP contribution in [0.3, 0.4) is 0 Å². The smallest absolute Gasteiger partial charge is 0.252 e. The first kappa shape index (κ1) is 20.5. The highest BCUT2D eigenvalue weighted by Crippen LogP contribution is 2.34. The topological polar surface area (TPSA) is 56.9 Å². The van der Waals surface area contributed by atoms with Crippen LogP contribution in [0.25, 0.3) is 22.2 Å². The zero-order valence-corrected chi connectivity index (χ0v) is 17.7. The Labute approximate surface area is 186 Å². The van der Waals surface area contributed by atoms with Gasteiger partial charge in [0, 0.05) is 52.4 Å². The molecule has 0 unspecified atom stereocenters. The molecule has 0 fully saturated rings. The van der Waals surface area contributed by atoms with Gasteiger partial charge in [0.1, 0.15) is 0 Å². The van der Waals surface area contributed by atoms with Crippen molar-refractivity contribution >= 4 is 40.8 Å². The van der Waals surface area contributed by atoms with E-state index in [0.29, 0.717) is 17.1 Å². The van der Waals surface area contributed by atoms with Gasteiger partial charge in [0.05, 0.1) is 5.56 Å². The van der Waals surface area contributed by atoms with E-state index in [2.05, 4.69) is 64.1 Å². The predicted molar refractivity (Wildman–Crippen MR) is 124 cm³/mol. The minimum atomic E-state index is -0.0676. The highest BCUT2D eigenvalue weighted by molar-refractivity contribution is 6.32. The summed E-state index contributed by atoms with van der Waals surface area (Å²) in [5, 5.41) is 8.11. The Balaban J connectivity index is 0.00000218. The summed E-state index contributed by atoms with van der Waals surface area (Å²) in [7, 11) is 0. The quantitative estimate of drug-likeness (QED) is 0.389. The van der Waals surface area contributed by atoms with Crippen molar-refractivity contribution in [3.63, 3.8) is 0 Å². The van der Waals surface area contributed by atoms with E-state index in [0.717, 1.165) is 40.8 Å². The number of hydrogen-bond donors (Lipinski definition) is 3. The fraction of sp³-hybridized carbons (Fsp3) is 0.125. The Hall–Kier alpha value is -2.79. The van der Waals surface area contributed by atoms with Gasteiger partial charge in [-0.25, -0.2) is 0 Å². The van der Waals surface area contributed by atoms with Crippen molar-refractivity contribution in [2.24, 2.45) is 0 Å². The van der Waals surface area contributed by atoms with Crippen molar-refractivity contribution in [1.82, 2.24) is 15.6 Å². The SMILES string of the molecule is Cl.O=C1NCc2c(Cl)ccc(-c3cc4cc(CNCc5ccccc5)ccc4[nH]3)c21. The number of fused-ring (bicyclic) bond motifs is 2. The van der Waals surface area contributed by atoms with Crippen LogP contribution in [-0.4, -0.2) is 10.9 Å². The third kappa shape index (κ3) is 3.82. The molecule has 1 amide bonds. The molecule has 1 aromatic heterocycles. The molecule has 0 atom stereocenters. The van der Waals surface area contributed by atoms with E-state index in [4.69, 9.17) is 11.6 Å². The number of carbonyl (C=O) groups excluding carboxylic acids is 1. The fourth-order valence-electron chi connectivity index (χ4n) is 3.92. The summed E-state index contributed by atoms with van der Waals surface area (Å²) >= 11 is 6.28.